The van der Waals surface area contributed by atoms with Crippen LogP contribution in [-0.4, -0.2) is 4.99 Å². The molecule has 10 heavy (non-hydrogen) atoms. The third-order valence-corrected chi connectivity index (χ3v) is 1.55. The van der Waals surface area contributed by atoms with Crippen molar-refractivity contribution in [2.45, 2.75) is 6.92 Å². The zero-order chi connectivity index (χ0) is 7.56. The Morgan fingerprint density at radius 1 is 1.30 bits per heavy atom. The van der Waals surface area contributed by atoms with E-state index in [0.717, 1.165) is 5.56 Å². The van der Waals surface area contributed by atoms with Gasteiger partial charge in [-0.3, -0.25) is 5.73 Å². The number of rotatable bonds is 1. The third kappa shape index (κ3) is 1.54. The number of hydrogen-bond donors (Lipinski definition) is 0. The van der Waals surface area contributed by atoms with E-state index in [1.807, 2.05) is 31.2 Å². The van der Waals surface area contributed by atoms with Crippen LogP contribution in [0.25, 0.3) is 0 Å². The molecular weight excluding hydrogens is 142 g/mol. The van der Waals surface area contributed by atoms with E-state index in [4.69, 9.17) is 5.73 Å². The fourth-order valence-electron chi connectivity index (χ4n) is 0.705. The molecule has 0 aromatic heterocycles. The van der Waals surface area contributed by atoms with Gasteiger partial charge in [0.15, 0.2) is 0 Å². The molecule has 0 bridgehead atoms. The van der Waals surface area contributed by atoms with E-state index in [9.17, 15) is 0 Å². The largest absolute Gasteiger partial charge is 0.289 e. The molecular formula is C8H8NS. The van der Waals surface area contributed by atoms with Crippen molar-refractivity contribution in [2.75, 3.05) is 0 Å². The van der Waals surface area contributed by atoms with Gasteiger partial charge in [0.2, 0.25) is 0 Å². The Bertz CT molecular complexity index is 238. The zero-order valence-electron chi connectivity index (χ0n) is 5.72. The first kappa shape index (κ1) is 7.22. The van der Waals surface area contributed by atoms with Gasteiger partial charge in [0.25, 0.3) is 0 Å². The molecule has 0 fully saturated rings. The zero-order valence-corrected chi connectivity index (χ0v) is 6.53. The SMILES string of the molecule is Cc1ccc(C([NH])=S)cc1. The Kier molecular flexibility index (Phi) is 2.02. The quantitative estimate of drug-likeness (QED) is 0.561. The van der Waals surface area contributed by atoms with Gasteiger partial charge in [-0.15, -0.1) is 0 Å². The molecule has 1 radical (unpaired) electrons. The van der Waals surface area contributed by atoms with Crippen molar-refractivity contribution in [3.8, 4) is 0 Å². The number of hydrogen-bond acceptors (Lipinski definition) is 1. The molecule has 0 unspecified atom stereocenters. The molecule has 51 valence electrons. The molecule has 2 heteroatoms. The van der Waals surface area contributed by atoms with Crippen molar-refractivity contribution >= 4 is 17.2 Å². The van der Waals surface area contributed by atoms with Gasteiger partial charge in [-0.25, -0.2) is 0 Å². The minimum atomic E-state index is 0.208. The van der Waals surface area contributed by atoms with Crippen LogP contribution in [0.3, 0.4) is 0 Å². The molecule has 0 aliphatic heterocycles. The Hall–Kier alpha value is -0.890. The lowest BCUT2D eigenvalue weighted by molar-refractivity contribution is 1.46. The molecule has 0 aliphatic carbocycles. The first-order valence-electron chi connectivity index (χ1n) is 3.03. The van der Waals surface area contributed by atoms with Crippen LogP contribution in [0.5, 0.6) is 0 Å². The minimum absolute atomic E-state index is 0.208. The summed E-state index contributed by atoms with van der Waals surface area (Å²) in [4.78, 5) is 0.208. The van der Waals surface area contributed by atoms with Gasteiger partial charge in [-0.1, -0.05) is 42.0 Å². The summed E-state index contributed by atoms with van der Waals surface area (Å²) in [6, 6.07) is 7.64. The Balaban J connectivity index is 3.00. The summed E-state index contributed by atoms with van der Waals surface area (Å²) in [6.07, 6.45) is 0. The molecule has 0 atom stereocenters. The predicted molar refractivity (Wildman–Crippen MR) is 46.0 cm³/mol. The van der Waals surface area contributed by atoms with Crippen LogP contribution >= 0.6 is 12.2 Å². The fourth-order valence-corrected chi connectivity index (χ4v) is 0.841. The van der Waals surface area contributed by atoms with Crippen molar-refractivity contribution in [3.63, 3.8) is 0 Å². The number of nitrogens with one attached hydrogen (secondary N) is 1. The lowest BCUT2D eigenvalue weighted by Crippen LogP contribution is -1.95. The number of thiocarbonyl (C=S) groups is 1. The normalized spacial score (nSPS) is 9.30. The summed E-state index contributed by atoms with van der Waals surface area (Å²) < 4.78 is 0. The summed E-state index contributed by atoms with van der Waals surface area (Å²) in [7, 11) is 0. The topological polar surface area (TPSA) is 23.8 Å². The Labute approximate surface area is 65.9 Å². The van der Waals surface area contributed by atoms with Crippen LogP contribution in [0.1, 0.15) is 11.1 Å². The lowest BCUT2D eigenvalue weighted by atomic mass is 10.1. The monoisotopic (exact) mass is 150 g/mol. The van der Waals surface area contributed by atoms with Gasteiger partial charge < -0.3 is 0 Å². The van der Waals surface area contributed by atoms with Crippen molar-refractivity contribution < 1.29 is 0 Å². The maximum absolute atomic E-state index is 7.12. The second-order valence-corrected chi connectivity index (χ2v) is 2.60. The highest BCUT2D eigenvalue weighted by Gasteiger charge is 1.92. The first-order valence-corrected chi connectivity index (χ1v) is 3.43. The Morgan fingerprint density at radius 3 is 2.20 bits per heavy atom. The summed E-state index contributed by atoms with van der Waals surface area (Å²) in [5.41, 5.74) is 9.14. The molecule has 0 spiro atoms. The van der Waals surface area contributed by atoms with Crippen molar-refractivity contribution in [1.82, 2.24) is 5.73 Å². The number of benzene rings is 1. The van der Waals surface area contributed by atoms with Crippen LogP contribution in [0, 0.1) is 6.92 Å². The molecule has 1 rings (SSSR count). The average Bonchev–Trinajstić information content (AvgIpc) is 1.88. The lowest BCUT2D eigenvalue weighted by Gasteiger charge is -1.95. The van der Waals surface area contributed by atoms with E-state index in [1.54, 1.807) is 0 Å². The van der Waals surface area contributed by atoms with Crippen LogP contribution in [-0.2, 0) is 0 Å². The maximum atomic E-state index is 7.12. The van der Waals surface area contributed by atoms with E-state index in [0.29, 0.717) is 0 Å². The van der Waals surface area contributed by atoms with Gasteiger partial charge in [-0.2, -0.15) is 0 Å². The smallest absolute Gasteiger partial charge is 0.125 e. The summed E-state index contributed by atoms with van der Waals surface area (Å²) in [5.74, 6) is 0. The van der Waals surface area contributed by atoms with Gasteiger partial charge in [0, 0.05) is 5.56 Å². The van der Waals surface area contributed by atoms with E-state index in [-0.39, 0.29) is 4.99 Å². The third-order valence-electron chi connectivity index (χ3n) is 1.31. The molecule has 0 amide bonds. The first-order chi connectivity index (χ1) is 4.70. The van der Waals surface area contributed by atoms with Gasteiger partial charge in [0.05, 0.1) is 0 Å². The van der Waals surface area contributed by atoms with Gasteiger partial charge in [-0.05, 0) is 6.92 Å². The van der Waals surface area contributed by atoms with E-state index in [1.165, 1.54) is 5.56 Å². The fraction of sp³-hybridized carbons (Fsp3) is 0.125. The van der Waals surface area contributed by atoms with Gasteiger partial charge in [0.1, 0.15) is 4.99 Å². The van der Waals surface area contributed by atoms with E-state index >= 15 is 0 Å². The van der Waals surface area contributed by atoms with Crippen molar-refractivity contribution in [1.29, 1.82) is 0 Å². The average molecular weight is 150 g/mol. The Morgan fingerprint density at radius 2 is 1.80 bits per heavy atom. The van der Waals surface area contributed by atoms with Crippen LogP contribution in [0.2, 0.25) is 0 Å². The van der Waals surface area contributed by atoms with Crippen LogP contribution in [0.4, 0.5) is 0 Å². The molecule has 1 aromatic rings. The summed E-state index contributed by atoms with van der Waals surface area (Å²) in [5, 5.41) is 0. The van der Waals surface area contributed by atoms with E-state index in [2.05, 4.69) is 12.2 Å². The second-order valence-electron chi connectivity index (χ2n) is 2.20. The van der Waals surface area contributed by atoms with Crippen LogP contribution in [0.15, 0.2) is 24.3 Å². The molecule has 0 saturated heterocycles. The van der Waals surface area contributed by atoms with E-state index < -0.39 is 0 Å². The molecule has 0 aliphatic rings. The molecule has 0 heterocycles. The standard InChI is InChI=1S/C8H8NS/c1-6-2-4-7(5-3-6)8(9)10/h2-5,9H,1H3. The minimum Gasteiger partial charge on any atom is -0.289 e. The highest BCUT2D eigenvalue weighted by Crippen LogP contribution is 2.02. The highest BCUT2D eigenvalue weighted by molar-refractivity contribution is 7.80. The molecule has 0 saturated carbocycles. The van der Waals surface area contributed by atoms with Crippen molar-refractivity contribution in [3.05, 3.63) is 35.4 Å². The molecule has 1 aromatic carbocycles. The van der Waals surface area contributed by atoms with Gasteiger partial charge >= 0.3 is 0 Å². The number of aryl methyl sites for hydroxylation is 1. The second kappa shape index (κ2) is 2.80. The van der Waals surface area contributed by atoms with Crippen LogP contribution < -0.4 is 5.73 Å². The molecule has 1 nitrogen and oxygen atoms in total. The van der Waals surface area contributed by atoms with Crippen molar-refractivity contribution in [2.24, 2.45) is 0 Å². The summed E-state index contributed by atoms with van der Waals surface area (Å²) >= 11 is 4.67. The highest BCUT2D eigenvalue weighted by atomic mass is 32.1. The molecule has 1 N–H and O–H groups in total. The maximum Gasteiger partial charge on any atom is 0.125 e. The summed E-state index contributed by atoms with van der Waals surface area (Å²) in [6.45, 7) is 2.01. The predicted octanol–water partition coefficient (Wildman–Crippen LogP) is 1.95.